The Hall–Kier alpha value is -1.23. The first-order valence-electron chi connectivity index (χ1n) is 6.32. The zero-order valence-electron chi connectivity index (χ0n) is 12.2. The van der Waals surface area contributed by atoms with Crippen LogP contribution in [0.2, 0.25) is 0 Å². The van der Waals surface area contributed by atoms with Gasteiger partial charge < -0.3 is 10.1 Å². The molecular weight excluding hydrogens is 318 g/mol. The summed E-state index contributed by atoms with van der Waals surface area (Å²) in [4.78, 5) is 10.4. The fraction of sp³-hybridized carbons (Fsp3) is 0.636. The molecule has 1 aromatic heterocycles. The summed E-state index contributed by atoms with van der Waals surface area (Å²) in [7, 11) is -0.853. The second-order valence-electron chi connectivity index (χ2n) is 4.28. The van der Waals surface area contributed by atoms with Gasteiger partial charge in [-0.1, -0.05) is 18.3 Å². The normalized spacial score (nSPS) is 11.8. The average Bonchev–Trinajstić information content (AvgIpc) is 2.87. The molecule has 0 amide bonds. The van der Waals surface area contributed by atoms with E-state index in [0.29, 0.717) is 6.54 Å². The van der Waals surface area contributed by atoms with E-state index in [1.807, 2.05) is 6.92 Å². The summed E-state index contributed by atoms with van der Waals surface area (Å²) in [5, 5.41) is 14.2. The first-order chi connectivity index (χ1) is 9.84. The maximum Gasteiger partial charge on any atom is 0.304 e. The number of likely N-dealkylation sites (N-methyl/N-ethyl adjacent to an activating group) is 1. The molecule has 1 rings (SSSR count). The first kappa shape index (κ1) is 17.8. The summed E-state index contributed by atoms with van der Waals surface area (Å²) in [5.74, 6) is 0. The third-order valence-electron chi connectivity index (χ3n) is 2.70. The summed E-state index contributed by atoms with van der Waals surface area (Å²) in [6.45, 7) is 2.90. The molecule has 120 valence electrons. The summed E-state index contributed by atoms with van der Waals surface area (Å²) in [6.07, 6.45) is 0.783. The van der Waals surface area contributed by atoms with Crippen molar-refractivity contribution in [2.24, 2.45) is 0 Å². The molecule has 0 aromatic carbocycles. The zero-order valence-corrected chi connectivity index (χ0v) is 13.8. The number of methoxy groups -OCH3 is 1. The largest absolute Gasteiger partial charge is 0.383 e. The van der Waals surface area contributed by atoms with Crippen LogP contribution in [0.4, 0.5) is 10.7 Å². The smallest absolute Gasteiger partial charge is 0.304 e. The number of sulfonamides is 1. The van der Waals surface area contributed by atoms with Gasteiger partial charge in [0, 0.05) is 33.3 Å². The Bertz CT molecular complexity index is 585. The molecule has 1 heterocycles. The molecule has 0 atom stereocenters. The van der Waals surface area contributed by atoms with Crippen LogP contribution in [0.5, 0.6) is 0 Å². The van der Waals surface area contributed by atoms with Crippen LogP contribution in [-0.2, 0) is 14.8 Å². The highest BCUT2D eigenvalue weighted by molar-refractivity contribution is 7.91. The number of nitrogens with one attached hydrogen (secondary N) is 1. The molecule has 8 nitrogen and oxygen atoms in total. The minimum Gasteiger partial charge on any atom is -0.383 e. The highest BCUT2D eigenvalue weighted by Crippen LogP contribution is 2.37. The molecule has 0 radical (unpaired) electrons. The molecule has 0 saturated carbocycles. The van der Waals surface area contributed by atoms with Crippen molar-refractivity contribution >= 4 is 32.0 Å². The van der Waals surface area contributed by atoms with Crippen molar-refractivity contribution in [2.75, 3.05) is 39.2 Å². The van der Waals surface area contributed by atoms with Crippen LogP contribution < -0.4 is 5.32 Å². The van der Waals surface area contributed by atoms with Crippen molar-refractivity contribution in [3.63, 3.8) is 0 Å². The van der Waals surface area contributed by atoms with Gasteiger partial charge in [0.15, 0.2) is 5.00 Å². The average molecular weight is 337 g/mol. The van der Waals surface area contributed by atoms with Gasteiger partial charge in [-0.15, -0.1) is 0 Å². The number of thiophene rings is 1. The number of hydrogen-bond donors (Lipinski definition) is 1. The fourth-order valence-corrected chi connectivity index (χ4v) is 4.20. The lowest BCUT2D eigenvalue weighted by molar-refractivity contribution is -0.383. The Morgan fingerprint density at radius 3 is 2.71 bits per heavy atom. The van der Waals surface area contributed by atoms with E-state index in [1.54, 1.807) is 0 Å². The molecule has 0 fully saturated rings. The summed E-state index contributed by atoms with van der Waals surface area (Å²) in [5.41, 5.74) is -0.216. The summed E-state index contributed by atoms with van der Waals surface area (Å²) < 4.78 is 30.6. The lowest BCUT2D eigenvalue weighted by Gasteiger charge is -2.14. The van der Waals surface area contributed by atoms with Crippen molar-refractivity contribution in [3.05, 3.63) is 16.2 Å². The molecule has 0 aliphatic carbocycles. The van der Waals surface area contributed by atoms with Gasteiger partial charge in [-0.25, -0.2) is 8.42 Å². The molecular formula is C11H19N3O5S2. The van der Waals surface area contributed by atoms with Gasteiger partial charge in [0.2, 0.25) is 0 Å². The van der Waals surface area contributed by atoms with E-state index in [4.69, 9.17) is 4.74 Å². The van der Waals surface area contributed by atoms with E-state index < -0.39 is 14.9 Å². The highest BCUT2D eigenvalue weighted by atomic mass is 32.2. The van der Waals surface area contributed by atoms with Crippen LogP contribution in [0.15, 0.2) is 10.3 Å². The second kappa shape index (κ2) is 7.69. The van der Waals surface area contributed by atoms with Crippen LogP contribution >= 0.6 is 11.3 Å². The zero-order chi connectivity index (χ0) is 16.0. The van der Waals surface area contributed by atoms with Gasteiger partial charge in [0.05, 0.1) is 11.5 Å². The standard InChI is InChI=1S/C11H19N3O5S2/c1-4-5-12-11-9(14(15)16)8-10(20-11)21(17,18)13(2)6-7-19-3/h8,12H,4-7H2,1-3H3. The third-order valence-corrected chi connectivity index (χ3v) is 6.09. The third kappa shape index (κ3) is 4.37. The van der Waals surface area contributed by atoms with Gasteiger partial charge in [-0.3, -0.25) is 10.1 Å². The van der Waals surface area contributed by atoms with Crippen molar-refractivity contribution in [1.29, 1.82) is 0 Å². The molecule has 10 heteroatoms. The van der Waals surface area contributed by atoms with Crippen LogP contribution in [-0.4, -0.2) is 51.5 Å². The van der Waals surface area contributed by atoms with Gasteiger partial charge in [-0.2, -0.15) is 4.31 Å². The van der Waals surface area contributed by atoms with Crippen LogP contribution in [0.1, 0.15) is 13.3 Å². The maximum atomic E-state index is 12.3. The Kier molecular flexibility index (Phi) is 6.52. The second-order valence-corrected chi connectivity index (χ2v) is 7.61. The van der Waals surface area contributed by atoms with Crippen molar-refractivity contribution < 1.29 is 18.1 Å². The SMILES string of the molecule is CCCNc1sc(S(=O)(=O)N(C)CCOC)cc1[N+](=O)[O-]. The molecule has 0 aliphatic rings. The van der Waals surface area contributed by atoms with Crippen molar-refractivity contribution in [2.45, 2.75) is 17.6 Å². The molecule has 0 spiro atoms. The predicted octanol–water partition coefficient (Wildman–Crippen LogP) is 1.75. The van der Waals surface area contributed by atoms with Gasteiger partial charge >= 0.3 is 5.69 Å². The van der Waals surface area contributed by atoms with Crippen LogP contribution in [0.25, 0.3) is 0 Å². The number of hydrogen-bond acceptors (Lipinski definition) is 7. The molecule has 1 N–H and O–H groups in total. The number of anilines is 1. The quantitative estimate of drug-likeness (QED) is 0.544. The maximum absolute atomic E-state index is 12.3. The molecule has 0 unspecified atom stereocenters. The summed E-state index contributed by atoms with van der Waals surface area (Å²) >= 11 is 0.873. The molecule has 21 heavy (non-hydrogen) atoms. The molecule has 0 saturated heterocycles. The number of rotatable bonds is 9. The minimum absolute atomic E-state index is 0.0496. The predicted molar refractivity (Wildman–Crippen MR) is 81.4 cm³/mol. The number of ether oxygens (including phenoxy) is 1. The fourth-order valence-electron chi connectivity index (χ4n) is 1.48. The van der Waals surface area contributed by atoms with Gasteiger partial charge in [0.25, 0.3) is 10.0 Å². The lowest BCUT2D eigenvalue weighted by Crippen LogP contribution is -2.29. The Morgan fingerprint density at radius 2 is 2.19 bits per heavy atom. The van der Waals surface area contributed by atoms with Crippen LogP contribution in [0, 0.1) is 10.1 Å². The van der Waals surface area contributed by atoms with Crippen LogP contribution in [0.3, 0.4) is 0 Å². The Morgan fingerprint density at radius 1 is 1.52 bits per heavy atom. The van der Waals surface area contributed by atoms with Gasteiger partial charge in [-0.05, 0) is 6.42 Å². The van der Waals surface area contributed by atoms with E-state index in [2.05, 4.69) is 5.32 Å². The molecule has 0 bridgehead atoms. The Balaban J connectivity index is 3.09. The van der Waals surface area contributed by atoms with E-state index in [1.165, 1.54) is 14.2 Å². The van der Waals surface area contributed by atoms with E-state index in [0.717, 1.165) is 28.1 Å². The minimum atomic E-state index is -3.74. The van der Waals surface area contributed by atoms with Crippen molar-refractivity contribution in [1.82, 2.24) is 4.31 Å². The van der Waals surface area contributed by atoms with E-state index in [9.17, 15) is 18.5 Å². The molecule has 0 aliphatic heterocycles. The highest BCUT2D eigenvalue weighted by Gasteiger charge is 2.28. The van der Waals surface area contributed by atoms with Crippen molar-refractivity contribution in [3.8, 4) is 0 Å². The Labute approximate surface area is 127 Å². The number of nitrogens with zero attached hydrogens (tertiary/aromatic N) is 2. The van der Waals surface area contributed by atoms with E-state index in [-0.39, 0.29) is 28.0 Å². The summed E-state index contributed by atoms with van der Waals surface area (Å²) in [6, 6.07) is 1.10. The van der Waals surface area contributed by atoms with Gasteiger partial charge in [0.1, 0.15) is 4.21 Å². The lowest BCUT2D eigenvalue weighted by atomic mass is 10.4. The van der Waals surface area contributed by atoms with E-state index >= 15 is 0 Å². The number of nitro groups is 1. The first-order valence-corrected chi connectivity index (χ1v) is 8.57. The molecule has 1 aromatic rings. The monoisotopic (exact) mass is 337 g/mol. The topological polar surface area (TPSA) is 102 Å².